The van der Waals surface area contributed by atoms with Gasteiger partial charge in [0.2, 0.25) is 0 Å². The van der Waals surface area contributed by atoms with Gasteiger partial charge in [0.25, 0.3) is 0 Å². The summed E-state index contributed by atoms with van der Waals surface area (Å²) in [5, 5.41) is 4.68. The third-order valence-corrected chi connectivity index (χ3v) is 9.63. The van der Waals surface area contributed by atoms with Crippen LogP contribution in [0, 0.1) is 0 Å². The Morgan fingerprint density at radius 2 is 0.980 bits per heavy atom. The molecule has 0 saturated carbocycles. The van der Waals surface area contributed by atoms with E-state index in [1.165, 1.54) is 10.8 Å². The van der Waals surface area contributed by atoms with E-state index < -0.39 is 0 Å². The highest BCUT2D eigenvalue weighted by Crippen LogP contribution is 2.39. The van der Waals surface area contributed by atoms with Crippen LogP contribution in [0.1, 0.15) is 0 Å². The van der Waals surface area contributed by atoms with E-state index in [1.54, 1.807) is 0 Å². The summed E-state index contributed by atoms with van der Waals surface area (Å²) in [6, 6.07) is 61.3. The number of para-hydroxylation sites is 4. The lowest BCUT2D eigenvalue weighted by Crippen LogP contribution is -2.00. The highest BCUT2D eigenvalue weighted by atomic mass is 16.3. The van der Waals surface area contributed by atoms with E-state index in [1.807, 2.05) is 36.4 Å². The van der Waals surface area contributed by atoms with Crippen LogP contribution < -0.4 is 0 Å². The van der Waals surface area contributed by atoms with Crippen LogP contribution in [0.2, 0.25) is 0 Å². The Morgan fingerprint density at radius 3 is 1.80 bits per heavy atom. The summed E-state index contributed by atoms with van der Waals surface area (Å²) in [4.78, 5) is 10.4. The number of hydrogen-bond acceptors (Lipinski definition) is 3. The molecule has 0 spiro atoms. The third-order valence-electron chi connectivity index (χ3n) is 9.63. The van der Waals surface area contributed by atoms with E-state index in [2.05, 4.69) is 144 Å². The summed E-state index contributed by atoms with van der Waals surface area (Å²) in [6.07, 6.45) is 0. The van der Waals surface area contributed by atoms with Crippen LogP contribution in [0.15, 0.2) is 180 Å². The summed E-state index contributed by atoms with van der Waals surface area (Å²) in [5.74, 6) is 0.684. The minimum absolute atomic E-state index is 0.684. The van der Waals surface area contributed by atoms with E-state index in [0.29, 0.717) is 5.82 Å². The van der Waals surface area contributed by atoms with Crippen LogP contribution in [-0.4, -0.2) is 14.5 Å². The number of rotatable bonds is 5. The first-order valence-electron chi connectivity index (χ1n) is 16.8. The number of nitrogens with zero attached hydrogens (tertiary/aromatic N) is 3. The number of furan rings is 1. The highest BCUT2D eigenvalue weighted by molar-refractivity contribution is 6.12. The van der Waals surface area contributed by atoms with Gasteiger partial charge >= 0.3 is 0 Å². The molecule has 4 heteroatoms. The number of fused-ring (bicyclic) bond motifs is 6. The molecular weight excluding hydrogens is 611 g/mol. The van der Waals surface area contributed by atoms with Gasteiger partial charge in [-0.2, -0.15) is 0 Å². The SMILES string of the molecule is c1ccc(-c2nc(-c3cccc(-c4cccc5oc6ccccc6c45)c3)cc(-c3ccccc3-n3c4ccccc4c4ccccc43)n2)cc1. The van der Waals surface area contributed by atoms with Gasteiger partial charge in [0, 0.05) is 38.2 Å². The summed E-state index contributed by atoms with van der Waals surface area (Å²) in [7, 11) is 0. The number of aromatic nitrogens is 3. The molecule has 0 atom stereocenters. The minimum Gasteiger partial charge on any atom is -0.456 e. The van der Waals surface area contributed by atoms with Crippen LogP contribution >= 0.6 is 0 Å². The zero-order valence-electron chi connectivity index (χ0n) is 27.0. The second kappa shape index (κ2) is 11.4. The van der Waals surface area contributed by atoms with E-state index in [9.17, 15) is 0 Å². The Morgan fingerprint density at radius 1 is 0.400 bits per heavy atom. The molecule has 0 radical (unpaired) electrons. The second-order valence-electron chi connectivity index (χ2n) is 12.6. The second-order valence-corrected chi connectivity index (χ2v) is 12.6. The van der Waals surface area contributed by atoms with Crippen molar-refractivity contribution in [3.8, 4) is 50.7 Å². The fourth-order valence-corrected chi connectivity index (χ4v) is 7.38. The molecule has 7 aromatic carbocycles. The van der Waals surface area contributed by atoms with Crippen molar-refractivity contribution in [3.63, 3.8) is 0 Å². The molecule has 0 fully saturated rings. The Bertz CT molecular complexity index is 2830. The quantitative estimate of drug-likeness (QED) is 0.188. The van der Waals surface area contributed by atoms with Crippen LogP contribution in [0.3, 0.4) is 0 Å². The van der Waals surface area contributed by atoms with Crippen molar-refractivity contribution in [2.45, 2.75) is 0 Å². The van der Waals surface area contributed by atoms with E-state index in [0.717, 1.165) is 77.9 Å². The van der Waals surface area contributed by atoms with Crippen LogP contribution in [0.4, 0.5) is 0 Å². The topological polar surface area (TPSA) is 43.9 Å². The molecule has 234 valence electrons. The molecule has 3 heterocycles. The molecule has 0 saturated heterocycles. The highest BCUT2D eigenvalue weighted by Gasteiger charge is 2.19. The molecule has 0 aliphatic carbocycles. The van der Waals surface area contributed by atoms with Gasteiger partial charge in [-0.1, -0.05) is 133 Å². The molecule has 0 unspecified atom stereocenters. The summed E-state index contributed by atoms with van der Waals surface area (Å²) >= 11 is 0. The van der Waals surface area contributed by atoms with Gasteiger partial charge in [0.1, 0.15) is 11.2 Å². The lowest BCUT2D eigenvalue weighted by atomic mass is 9.96. The molecule has 3 aromatic heterocycles. The van der Waals surface area contributed by atoms with Gasteiger partial charge in [0.05, 0.1) is 28.1 Å². The molecule has 0 aliphatic heterocycles. The Balaban J connectivity index is 1.19. The van der Waals surface area contributed by atoms with Gasteiger partial charge in [-0.05, 0) is 53.6 Å². The Hall–Kier alpha value is -6.78. The van der Waals surface area contributed by atoms with Crippen molar-refractivity contribution in [2.24, 2.45) is 0 Å². The van der Waals surface area contributed by atoms with Gasteiger partial charge < -0.3 is 8.98 Å². The van der Waals surface area contributed by atoms with Gasteiger partial charge in [0.15, 0.2) is 5.82 Å². The normalized spacial score (nSPS) is 11.6. The van der Waals surface area contributed by atoms with Crippen LogP contribution in [0.25, 0.3) is 94.5 Å². The first kappa shape index (κ1) is 28.3. The van der Waals surface area contributed by atoms with E-state index in [4.69, 9.17) is 14.4 Å². The molecular formula is C46H29N3O. The maximum atomic E-state index is 6.23. The number of benzene rings is 7. The number of hydrogen-bond donors (Lipinski definition) is 0. The van der Waals surface area contributed by atoms with Gasteiger partial charge in [-0.15, -0.1) is 0 Å². The smallest absolute Gasteiger partial charge is 0.160 e. The predicted octanol–water partition coefficient (Wildman–Crippen LogP) is 12.1. The summed E-state index contributed by atoms with van der Waals surface area (Å²) in [5.41, 5.74) is 12.1. The van der Waals surface area contributed by atoms with Crippen LogP contribution in [0.5, 0.6) is 0 Å². The average Bonchev–Trinajstić information content (AvgIpc) is 3.74. The zero-order chi connectivity index (χ0) is 33.0. The summed E-state index contributed by atoms with van der Waals surface area (Å²) in [6.45, 7) is 0. The lowest BCUT2D eigenvalue weighted by Gasteiger charge is -2.15. The largest absolute Gasteiger partial charge is 0.456 e. The fraction of sp³-hybridized carbons (Fsp3) is 0. The molecule has 0 N–H and O–H groups in total. The van der Waals surface area contributed by atoms with Crippen molar-refractivity contribution in [1.29, 1.82) is 0 Å². The van der Waals surface area contributed by atoms with Gasteiger partial charge in [-0.25, -0.2) is 9.97 Å². The zero-order valence-corrected chi connectivity index (χ0v) is 27.0. The molecule has 0 bridgehead atoms. The standard InChI is InChI=1S/C46H29N3O/c1-2-14-30(15-3-1)46-47-38(32-17-12-16-31(28-32)33-22-13-27-44-45(33)37-21-7-11-26-43(37)50-44)29-39(48-46)36-20-6-10-25-42(36)49-40-23-8-4-18-34(40)35-19-5-9-24-41(35)49/h1-29H. The van der Waals surface area contributed by atoms with Crippen LogP contribution in [-0.2, 0) is 0 Å². The van der Waals surface area contributed by atoms with Crippen molar-refractivity contribution in [1.82, 2.24) is 14.5 Å². The average molecular weight is 640 g/mol. The van der Waals surface area contributed by atoms with Gasteiger partial charge in [-0.3, -0.25) is 0 Å². The van der Waals surface area contributed by atoms with E-state index in [-0.39, 0.29) is 0 Å². The Labute approximate surface area is 288 Å². The fourth-order valence-electron chi connectivity index (χ4n) is 7.38. The maximum absolute atomic E-state index is 6.23. The molecule has 10 rings (SSSR count). The van der Waals surface area contributed by atoms with E-state index >= 15 is 0 Å². The van der Waals surface area contributed by atoms with Crippen molar-refractivity contribution >= 4 is 43.7 Å². The predicted molar refractivity (Wildman–Crippen MR) is 205 cm³/mol. The Kier molecular flexibility index (Phi) is 6.46. The molecule has 10 aromatic rings. The third kappa shape index (κ3) is 4.54. The molecule has 0 amide bonds. The monoisotopic (exact) mass is 639 g/mol. The summed E-state index contributed by atoms with van der Waals surface area (Å²) < 4.78 is 8.59. The van der Waals surface area contributed by atoms with Crippen molar-refractivity contribution in [2.75, 3.05) is 0 Å². The molecule has 50 heavy (non-hydrogen) atoms. The van der Waals surface area contributed by atoms with Crippen molar-refractivity contribution < 1.29 is 4.42 Å². The minimum atomic E-state index is 0.684. The molecule has 4 nitrogen and oxygen atoms in total. The molecule has 0 aliphatic rings. The first-order valence-corrected chi connectivity index (χ1v) is 16.8. The van der Waals surface area contributed by atoms with Crippen molar-refractivity contribution in [3.05, 3.63) is 176 Å². The maximum Gasteiger partial charge on any atom is 0.160 e. The lowest BCUT2D eigenvalue weighted by molar-refractivity contribution is 0.669. The first-order chi connectivity index (χ1) is 24.8.